The van der Waals surface area contributed by atoms with Crippen molar-refractivity contribution in [3.8, 4) is 0 Å². The zero-order valence-corrected chi connectivity index (χ0v) is 6.30. The molecule has 0 rings (SSSR count). The van der Waals surface area contributed by atoms with Gasteiger partial charge >= 0.3 is 0 Å². The van der Waals surface area contributed by atoms with E-state index in [2.05, 4.69) is 10.2 Å². The Balaban J connectivity index is 3.83. The molecule has 0 unspecified atom stereocenters. The Kier molecular flexibility index (Phi) is 3.67. The topological polar surface area (TPSA) is 34.0 Å². The Morgan fingerprint density at radius 1 is 1.11 bits per heavy atom. The van der Waals surface area contributed by atoms with Crippen molar-refractivity contribution in [3.63, 3.8) is 0 Å². The number of nitrogens with zero attached hydrogens (tertiary/aromatic N) is 2. The number of hydrogen-bond donors (Lipinski definition) is 0. The first-order valence-electron chi connectivity index (χ1n) is 2.76. The molecule has 0 aliphatic rings. The lowest BCUT2D eigenvalue weighted by atomic mass is 10.5. The molecule has 0 aliphatic carbocycles. The SMILES string of the molecule is CO/C(C)=N\N=C(C)C. The molecule has 0 spiro atoms. The van der Waals surface area contributed by atoms with Gasteiger partial charge in [-0.25, -0.2) is 0 Å². The summed E-state index contributed by atoms with van der Waals surface area (Å²) < 4.78 is 4.74. The highest BCUT2D eigenvalue weighted by atomic mass is 16.5. The van der Waals surface area contributed by atoms with Crippen molar-refractivity contribution in [1.29, 1.82) is 0 Å². The second-order valence-electron chi connectivity index (χ2n) is 1.87. The predicted molar refractivity (Wildman–Crippen MR) is 38.9 cm³/mol. The third kappa shape index (κ3) is 5.00. The molecule has 0 amide bonds. The lowest BCUT2D eigenvalue weighted by Gasteiger charge is -1.91. The predicted octanol–water partition coefficient (Wildman–Crippen LogP) is 1.45. The van der Waals surface area contributed by atoms with Crippen LogP contribution in [-0.2, 0) is 4.74 Å². The molecular weight excluding hydrogens is 116 g/mol. The molecule has 0 radical (unpaired) electrons. The Labute approximate surface area is 55.4 Å². The van der Waals surface area contributed by atoms with E-state index in [1.165, 1.54) is 0 Å². The van der Waals surface area contributed by atoms with E-state index >= 15 is 0 Å². The minimum absolute atomic E-state index is 0.580. The summed E-state index contributed by atoms with van der Waals surface area (Å²) in [5, 5.41) is 7.50. The van der Waals surface area contributed by atoms with Gasteiger partial charge in [0, 0.05) is 12.6 Å². The van der Waals surface area contributed by atoms with Gasteiger partial charge in [0.25, 0.3) is 0 Å². The van der Waals surface area contributed by atoms with E-state index in [4.69, 9.17) is 4.74 Å². The molecule has 0 saturated carbocycles. The molecule has 0 bridgehead atoms. The number of methoxy groups -OCH3 is 1. The molecule has 0 heterocycles. The van der Waals surface area contributed by atoms with Crippen LogP contribution in [0.2, 0.25) is 0 Å². The van der Waals surface area contributed by atoms with Crippen LogP contribution in [0.1, 0.15) is 20.8 Å². The summed E-state index contributed by atoms with van der Waals surface area (Å²) in [4.78, 5) is 0. The fraction of sp³-hybridized carbons (Fsp3) is 0.667. The summed E-state index contributed by atoms with van der Waals surface area (Å²) in [6, 6.07) is 0. The van der Waals surface area contributed by atoms with Crippen molar-refractivity contribution in [2.45, 2.75) is 20.8 Å². The van der Waals surface area contributed by atoms with E-state index in [0.717, 1.165) is 5.71 Å². The standard InChI is InChI=1S/C6H12N2O/c1-5(2)7-8-6(3)9-4/h1-4H3/b8-6-. The zero-order valence-electron chi connectivity index (χ0n) is 6.30. The Bertz CT molecular complexity index is 134. The van der Waals surface area contributed by atoms with Gasteiger partial charge in [-0.1, -0.05) is 0 Å². The van der Waals surface area contributed by atoms with E-state index in [1.807, 2.05) is 13.8 Å². The molecular formula is C6H12N2O. The van der Waals surface area contributed by atoms with Crippen LogP contribution < -0.4 is 0 Å². The first kappa shape index (κ1) is 8.14. The van der Waals surface area contributed by atoms with Gasteiger partial charge in [0.1, 0.15) is 0 Å². The van der Waals surface area contributed by atoms with Gasteiger partial charge in [-0.05, 0) is 13.8 Å². The molecule has 0 aromatic rings. The number of hydrogen-bond acceptors (Lipinski definition) is 3. The summed E-state index contributed by atoms with van der Waals surface area (Å²) in [5.41, 5.74) is 0.923. The van der Waals surface area contributed by atoms with Gasteiger partial charge < -0.3 is 4.74 Å². The Morgan fingerprint density at radius 3 is 2.00 bits per heavy atom. The Hall–Kier alpha value is -0.860. The van der Waals surface area contributed by atoms with Crippen molar-refractivity contribution in [2.24, 2.45) is 10.2 Å². The summed E-state index contributed by atoms with van der Waals surface area (Å²) in [5.74, 6) is 0.580. The summed E-state index contributed by atoms with van der Waals surface area (Å²) in [6.45, 7) is 5.52. The van der Waals surface area contributed by atoms with E-state index in [0.29, 0.717) is 5.90 Å². The molecule has 0 saturated heterocycles. The fourth-order valence-electron chi connectivity index (χ4n) is 0.211. The maximum absolute atomic E-state index is 4.74. The van der Waals surface area contributed by atoms with Gasteiger partial charge in [-0.15, -0.1) is 5.10 Å². The first-order valence-corrected chi connectivity index (χ1v) is 2.76. The minimum Gasteiger partial charge on any atom is -0.483 e. The molecule has 0 aromatic heterocycles. The summed E-state index contributed by atoms with van der Waals surface area (Å²) in [7, 11) is 1.57. The molecule has 3 heteroatoms. The van der Waals surface area contributed by atoms with Gasteiger partial charge in [0.2, 0.25) is 5.90 Å². The highest BCUT2D eigenvalue weighted by molar-refractivity contribution is 5.80. The van der Waals surface area contributed by atoms with Crippen molar-refractivity contribution >= 4 is 11.6 Å². The van der Waals surface area contributed by atoms with Gasteiger partial charge in [-0.3, -0.25) is 0 Å². The van der Waals surface area contributed by atoms with Crippen LogP contribution >= 0.6 is 0 Å². The van der Waals surface area contributed by atoms with Crippen LogP contribution in [0.25, 0.3) is 0 Å². The maximum Gasteiger partial charge on any atom is 0.205 e. The van der Waals surface area contributed by atoms with Crippen LogP contribution in [0, 0.1) is 0 Å². The summed E-state index contributed by atoms with van der Waals surface area (Å²) >= 11 is 0. The maximum atomic E-state index is 4.74. The zero-order chi connectivity index (χ0) is 7.28. The van der Waals surface area contributed by atoms with E-state index in [-0.39, 0.29) is 0 Å². The van der Waals surface area contributed by atoms with Gasteiger partial charge in [0.15, 0.2) is 0 Å². The molecule has 0 aliphatic heterocycles. The lowest BCUT2D eigenvalue weighted by molar-refractivity contribution is 0.398. The molecule has 9 heavy (non-hydrogen) atoms. The third-order valence-corrected chi connectivity index (χ3v) is 0.686. The third-order valence-electron chi connectivity index (χ3n) is 0.686. The molecule has 3 nitrogen and oxygen atoms in total. The number of ether oxygens (including phenoxy) is 1. The molecule has 0 atom stereocenters. The van der Waals surface area contributed by atoms with E-state index < -0.39 is 0 Å². The normalized spacial score (nSPS) is 10.9. The average Bonchev–Trinajstić information content (AvgIpc) is 1.83. The smallest absolute Gasteiger partial charge is 0.205 e. The van der Waals surface area contributed by atoms with Crippen molar-refractivity contribution in [2.75, 3.05) is 7.11 Å². The van der Waals surface area contributed by atoms with Crippen LogP contribution in [-0.4, -0.2) is 18.7 Å². The van der Waals surface area contributed by atoms with Crippen LogP contribution in [0.4, 0.5) is 0 Å². The van der Waals surface area contributed by atoms with E-state index in [9.17, 15) is 0 Å². The quantitative estimate of drug-likeness (QED) is 0.299. The van der Waals surface area contributed by atoms with Gasteiger partial charge in [-0.2, -0.15) is 5.10 Å². The Morgan fingerprint density at radius 2 is 1.67 bits per heavy atom. The minimum atomic E-state index is 0.580. The summed E-state index contributed by atoms with van der Waals surface area (Å²) in [6.07, 6.45) is 0. The molecule has 0 N–H and O–H groups in total. The largest absolute Gasteiger partial charge is 0.483 e. The lowest BCUT2D eigenvalue weighted by Crippen LogP contribution is -1.92. The van der Waals surface area contributed by atoms with Gasteiger partial charge in [0.05, 0.1) is 7.11 Å². The molecule has 0 fully saturated rings. The van der Waals surface area contributed by atoms with E-state index in [1.54, 1.807) is 14.0 Å². The first-order chi connectivity index (χ1) is 4.16. The second kappa shape index (κ2) is 4.06. The molecule has 52 valence electrons. The average molecular weight is 128 g/mol. The molecule has 0 aromatic carbocycles. The van der Waals surface area contributed by atoms with Crippen molar-refractivity contribution in [1.82, 2.24) is 0 Å². The second-order valence-corrected chi connectivity index (χ2v) is 1.87. The van der Waals surface area contributed by atoms with Crippen molar-refractivity contribution in [3.05, 3.63) is 0 Å². The monoisotopic (exact) mass is 128 g/mol. The number of rotatable bonds is 1. The highest BCUT2D eigenvalue weighted by Crippen LogP contribution is 1.81. The fourth-order valence-corrected chi connectivity index (χ4v) is 0.211. The van der Waals surface area contributed by atoms with Crippen LogP contribution in [0.5, 0.6) is 0 Å². The van der Waals surface area contributed by atoms with Crippen LogP contribution in [0.3, 0.4) is 0 Å². The van der Waals surface area contributed by atoms with Crippen LogP contribution in [0.15, 0.2) is 10.2 Å². The highest BCUT2D eigenvalue weighted by Gasteiger charge is 1.81. The van der Waals surface area contributed by atoms with Crippen molar-refractivity contribution < 1.29 is 4.74 Å².